The van der Waals surface area contributed by atoms with Crippen molar-refractivity contribution in [3.8, 4) is 0 Å². The van der Waals surface area contributed by atoms with Crippen molar-refractivity contribution in [2.75, 3.05) is 7.11 Å². The highest BCUT2D eigenvalue weighted by atomic mass is 16.6. The molecule has 2 heterocycles. The lowest BCUT2D eigenvalue weighted by Crippen LogP contribution is -2.68. The van der Waals surface area contributed by atoms with Gasteiger partial charge in [0.2, 0.25) is 0 Å². The Hall–Kier alpha value is -1.59. The van der Waals surface area contributed by atoms with Gasteiger partial charge in [0.1, 0.15) is 6.10 Å². The zero-order valence-electron chi connectivity index (χ0n) is 14.8. The number of fused-ring (bicyclic) bond motifs is 2. The first kappa shape index (κ1) is 15.6. The summed E-state index contributed by atoms with van der Waals surface area (Å²) >= 11 is 0. The first-order valence-electron chi connectivity index (χ1n) is 9.16. The third kappa shape index (κ3) is 1.60. The van der Waals surface area contributed by atoms with Crippen molar-refractivity contribution in [3.05, 3.63) is 34.1 Å². The van der Waals surface area contributed by atoms with E-state index in [1.165, 1.54) is 5.57 Å². The fourth-order valence-electron chi connectivity index (χ4n) is 6.36. The minimum absolute atomic E-state index is 0.0618. The highest BCUT2D eigenvalue weighted by Gasteiger charge is 2.73. The number of carbonyl (C=O) groups excluding carboxylic acids is 1. The molecule has 6 rings (SSSR count). The lowest BCUT2D eigenvalue weighted by atomic mass is 9.49. The molecule has 2 aliphatic heterocycles. The molecule has 0 aromatic rings. The van der Waals surface area contributed by atoms with Crippen LogP contribution in [0.5, 0.6) is 0 Å². The van der Waals surface area contributed by atoms with E-state index in [0.29, 0.717) is 12.8 Å². The van der Waals surface area contributed by atoms with Gasteiger partial charge in [-0.2, -0.15) is 0 Å². The Labute approximate surface area is 147 Å². The topological polar surface area (TPSA) is 76.0 Å². The molecule has 5 heteroatoms. The largest absolute Gasteiger partial charge is 0.501 e. The summed E-state index contributed by atoms with van der Waals surface area (Å²) in [6.07, 6.45) is 2.15. The molecular weight excluding hydrogens is 320 g/mol. The van der Waals surface area contributed by atoms with Crippen LogP contribution in [-0.4, -0.2) is 41.6 Å². The maximum absolute atomic E-state index is 12.9. The van der Waals surface area contributed by atoms with Crippen molar-refractivity contribution >= 4 is 5.97 Å². The fourth-order valence-corrected chi connectivity index (χ4v) is 6.36. The van der Waals surface area contributed by atoms with Crippen LogP contribution in [0.4, 0.5) is 0 Å². The van der Waals surface area contributed by atoms with Gasteiger partial charge in [-0.25, -0.2) is 0 Å². The Morgan fingerprint density at radius 2 is 2.08 bits per heavy atom. The van der Waals surface area contributed by atoms with Crippen molar-refractivity contribution in [2.45, 2.75) is 51.4 Å². The molecule has 134 valence electrons. The number of allylic oxidation sites excluding steroid dienone is 3. The van der Waals surface area contributed by atoms with Crippen LogP contribution in [0.2, 0.25) is 0 Å². The van der Waals surface area contributed by atoms with Gasteiger partial charge in [-0.05, 0) is 42.6 Å². The van der Waals surface area contributed by atoms with Crippen LogP contribution in [-0.2, 0) is 14.3 Å². The van der Waals surface area contributed by atoms with Gasteiger partial charge in [0, 0.05) is 24.2 Å². The third-order valence-electron chi connectivity index (χ3n) is 7.52. The minimum atomic E-state index is -0.716. The Balaban J connectivity index is 1.80. The first-order chi connectivity index (χ1) is 11.9. The molecule has 4 fully saturated rings. The molecule has 7 atom stereocenters. The van der Waals surface area contributed by atoms with Gasteiger partial charge in [0.15, 0.2) is 0 Å². The van der Waals surface area contributed by atoms with Crippen LogP contribution in [0.3, 0.4) is 0 Å². The van der Waals surface area contributed by atoms with Crippen LogP contribution >= 0.6 is 0 Å². The van der Waals surface area contributed by atoms with E-state index in [-0.39, 0.29) is 23.7 Å². The Bertz CT molecular complexity index is 775. The van der Waals surface area contributed by atoms with E-state index in [1.807, 2.05) is 13.8 Å². The van der Waals surface area contributed by atoms with E-state index in [4.69, 9.17) is 9.47 Å². The Kier molecular flexibility index (Phi) is 2.99. The van der Waals surface area contributed by atoms with E-state index >= 15 is 0 Å². The molecule has 2 saturated heterocycles. The monoisotopic (exact) mass is 344 g/mol. The number of rotatable bonds is 1. The maximum Gasteiger partial charge on any atom is 0.313 e. The van der Waals surface area contributed by atoms with Crippen LogP contribution < -0.4 is 0 Å². The van der Waals surface area contributed by atoms with Crippen molar-refractivity contribution in [1.29, 1.82) is 0 Å². The number of aliphatic hydroxyl groups excluding tert-OH is 2. The summed E-state index contributed by atoms with van der Waals surface area (Å²) in [4.78, 5) is 12.9. The number of ether oxygens (including phenoxy) is 2. The van der Waals surface area contributed by atoms with Crippen LogP contribution in [0, 0.1) is 23.2 Å². The van der Waals surface area contributed by atoms with E-state index in [1.54, 1.807) is 7.11 Å². The van der Waals surface area contributed by atoms with Gasteiger partial charge in [0.25, 0.3) is 0 Å². The lowest BCUT2D eigenvalue weighted by molar-refractivity contribution is -0.248. The van der Waals surface area contributed by atoms with Crippen molar-refractivity contribution < 1.29 is 24.5 Å². The molecule has 0 unspecified atom stereocenters. The highest BCUT2D eigenvalue weighted by Crippen LogP contribution is 2.68. The summed E-state index contributed by atoms with van der Waals surface area (Å²) < 4.78 is 11.2. The van der Waals surface area contributed by atoms with Crippen molar-refractivity contribution in [1.82, 2.24) is 0 Å². The molecule has 6 aliphatic rings. The van der Waals surface area contributed by atoms with Crippen LogP contribution in [0.1, 0.15) is 33.1 Å². The molecule has 0 aromatic heterocycles. The molecule has 2 N–H and O–H groups in total. The Morgan fingerprint density at radius 1 is 1.32 bits per heavy atom. The predicted molar refractivity (Wildman–Crippen MR) is 89.1 cm³/mol. The number of hydrogen-bond donors (Lipinski definition) is 2. The average molecular weight is 344 g/mol. The molecule has 0 aromatic carbocycles. The van der Waals surface area contributed by atoms with Crippen molar-refractivity contribution in [3.63, 3.8) is 0 Å². The SMILES string of the molecule is COC1=CC2=C3C(=C(C)C1)[C@H](O)[C@@H]1[C@H]4OC(=O)[C@](CC2)([C@H](C)[C@H]4O)[C@H]31. The molecule has 0 radical (unpaired) electrons. The van der Waals surface area contributed by atoms with Gasteiger partial charge < -0.3 is 19.7 Å². The number of carbonyl (C=O) groups is 1. The zero-order chi connectivity index (χ0) is 17.7. The van der Waals surface area contributed by atoms with Crippen molar-refractivity contribution in [2.24, 2.45) is 23.2 Å². The Morgan fingerprint density at radius 3 is 2.80 bits per heavy atom. The zero-order valence-corrected chi connectivity index (χ0v) is 14.8. The molecule has 5 nitrogen and oxygen atoms in total. The standard InChI is InChI=1S/C20H24O5/c1-8-6-11(24-3)7-10-4-5-20-9(2)16(21)18(25-19(20)23)14-15(20)13(10)12(8)17(14)22/h7,9,14-18,21-22H,4-6H2,1-3H3/t9-,14-,15-,16-,17+,18-,20-/m1/s1. The highest BCUT2D eigenvalue weighted by molar-refractivity contribution is 5.83. The van der Waals surface area contributed by atoms with Gasteiger partial charge in [-0.3, -0.25) is 4.79 Å². The van der Waals surface area contributed by atoms with Gasteiger partial charge >= 0.3 is 5.97 Å². The number of esters is 1. The summed E-state index contributed by atoms with van der Waals surface area (Å²) in [5.74, 6) is 0.257. The van der Waals surface area contributed by atoms with Crippen LogP contribution in [0.15, 0.2) is 34.1 Å². The van der Waals surface area contributed by atoms with Gasteiger partial charge in [-0.1, -0.05) is 12.5 Å². The molecule has 25 heavy (non-hydrogen) atoms. The molecule has 0 amide bonds. The third-order valence-corrected chi connectivity index (χ3v) is 7.52. The van der Waals surface area contributed by atoms with Gasteiger partial charge in [-0.15, -0.1) is 0 Å². The average Bonchev–Trinajstić information content (AvgIpc) is 2.81. The van der Waals surface area contributed by atoms with Crippen LogP contribution in [0.25, 0.3) is 0 Å². The summed E-state index contributed by atoms with van der Waals surface area (Å²) in [6, 6.07) is 0. The summed E-state index contributed by atoms with van der Waals surface area (Å²) in [6.45, 7) is 4.00. The fraction of sp³-hybridized carbons (Fsp3) is 0.650. The molecular formula is C20H24O5. The quantitative estimate of drug-likeness (QED) is 0.710. The van der Waals surface area contributed by atoms with E-state index in [9.17, 15) is 15.0 Å². The van der Waals surface area contributed by atoms with Gasteiger partial charge in [0.05, 0.1) is 30.5 Å². The molecule has 1 spiro atoms. The molecule has 2 bridgehead atoms. The molecule has 4 aliphatic carbocycles. The summed E-state index contributed by atoms with van der Waals surface area (Å²) in [7, 11) is 1.68. The number of hydrogen-bond acceptors (Lipinski definition) is 5. The summed E-state index contributed by atoms with van der Waals surface area (Å²) in [5.41, 5.74) is 3.65. The maximum atomic E-state index is 12.9. The lowest BCUT2D eigenvalue weighted by Gasteiger charge is -2.59. The second-order valence-electron chi connectivity index (χ2n) is 8.31. The first-order valence-corrected chi connectivity index (χ1v) is 9.16. The van der Waals surface area contributed by atoms with E-state index < -0.39 is 23.7 Å². The van der Waals surface area contributed by atoms with E-state index in [0.717, 1.165) is 28.9 Å². The number of aliphatic hydroxyl groups is 2. The minimum Gasteiger partial charge on any atom is -0.501 e. The normalized spacial score (nSPS) is 47.4. The smallest absolute Gasteiger partial charge is 0.313 e. The second-order valence-corrected chi connectivity index (χ2v) is 8.31. The predicted octanol–water partition coefficient (Wildman–Crippen LogP) is 1.86. The second kappa shape index (κ2) is 4.77. The number of methoxy groups -OCH3 is 1. The van der Waals surface area contributed by atoms with E-state index in [2.05, 4.69) is 6.08 Å². The molecule has 2 saturated carbocycles. The summed E-state index contributed by atoms with van der Waals surface area (Å²) in [5, 5.41) is 21.9.